The van der Waals surface area contributed by atoms with Crippen molar-refractivity contribution in [1.82, 2.24) is 0 Å². The molecular weight excluding hydrogens is 290 g/mol. The standard InChI is InChI=1S/C9H11BrF2O4/c1-3-15-5-6(8(14)16-4-2)7(13)9(10,11)12/h5H,3-4H2,1-2H3. The van der Waals surface area contributed by atoms with Gasteiger partial charge in [0.2, 0.25) is 0 Å². The van der Waals surface area contributed by atoms with Crippen LogP contribution < -0.4 is 0 Å². The van der Waals surface area contributed by atoms with E-state index < -0.39 is 22.2 Å². The van der Waals surface area contributed by atoms with E-state index in [4.69, 9.17) is 0 Å². The van der Waals surface area contributed by atoms with Gasteiger partial charge in [-0.05, 0) is 29.8 Å². The normalized spacial score (nSPS) is 12.2. The maximum Gasteiger partial charge on any atom is 0.363 e. The minimum absolute atomic E-state index is 0.0244. The number of ether oxygens (including phenoxy) is 2. The molecule has 0 aliphatic rings. The van der Waals surface area contributed by atoms with Crippen LogP contribution in [-0.4, -0.2) is 29.8 Å². The zero-order valence-corrected chi connectivity index (χ0v) is 10.3. The van der Waals surface area contributed by atoms with E-state index in [9.17, 15) is 18.4 Å². The molecule has 0 spiro atoms. The molecule has 0 bridgehead atoms. The summed E-state index contributed by atoms with van der Waals surface area (Å²) in [6, 6.07) is 0. The van der Waals surface area contributed by atoms with Crippen LogP contribution in [0, 0.1) is 0 Å². The highest BCUT2D eigenvalue weighted by molar-refractivity contribution is 9.10. The number of hydrogen-bond donors (Lipinski definition) is 0. The van der Waals surface area contributed by atoms with Crippen LogP contribution in [0.4, 0.5) is 8.78 Å². The van der Waals surface area contributed by atoms with Gasteiger partial charge in [0, 0.05) is 0 Å². The lowest BCUT2D eigenvalue weighted by Crippen LogP contribution is -2.28. The fourth-order valence-corrected chi connectivity index (χ4v) is 0.936. The van der Waals surface area contributed by atoms with E-state index in [2.05, 4.69) is 9.47 Å². The molecule has 0 N–H and O–H groups in total. The third-order valence-corrected chi connectivity index (χ3v) is 1.73. The Morgan fingerprint density at radius 1 is 1.31 bits per heavy atom. The molecule has 0 unspecified atom stereocenters. The molecule has 0 rings (SSSR count). The van der Waals surface area contributed by atoms with Crippen LogP contribution in [0.2, 0.25) is 0 Å². The van der Waals surface area contributed by atoms with Crippen molar-refractivity contribution in [3.63, 3.8) is 0 Å². The SMILES string of the molecule is CCOC=C(C(=O)OCC)C(=O)C(F)(F)Br. The second-order valence-corrected chi connectivity index (χ2v) is 3.53. The molecule has 0 radical (unpaired) electrons. The summed E-state index contributed by atoms with van der Waals surface area (Å²) in [6.45, 7) is 3.19. The Morgan fingerprint density at radius 2 is 1.88 bits per heavy atom. The smallest absolute Gasteiger partial charge is 0.363 e. The van der Waals surface area contributed by atoms with Crippen molar-refractivity contribution in [1.29, 1.82) is 0 Å². The van der Waals surface area contributed by atoms with E-state index in [1.54, 1.807) is 6.92 Å². The van der Waals surface area contributed by atoms with E-state index in [-0.39, 0.29) is 13.2 Å². The predicted molar refractivity (Wildman–Crippen MR) is 55.2 cm³/mol. The minimum Gasteiger partial charge on any atom is -0.500 e. The topological polar surface area (TPSA) is 52.6 Å². The Labute approximate surface area is 99.7 Å². The van der Waals surface area contributed by atoms with Gasteiger partial charge in [-0.25, -0.2) is 4.79 Å². The fourth-order valence-electron chi connectivity index (χ4n) is 0.723. The van der Waals surface area contributed by atoms with Crippen LogP contribution in [-0.2, 0) is 19.1 Å². The maximum absolute atomic E-state index is 12.7. The molecule has 0 aromatic carbocycles. The second-order valence-electron chi connectivity index (χ2n) is 2.53. The molecule has 16 heavy (non-hydrogen) atoms. The predicted octanol–water partition coefficient (Wildman–Crippen LogP) is 2.03. The van der Waals surface area contributed by atoms with Gasteiger partial charge in [0.15, 0.2) is 0 Å². The molecule has 0 aliphatic carbocycles. The second kappa shape index (κ2) is 6.57. The van der Waals surface area contributed by atoms with Crippen molar-refractivity contribution in [3.05, 3.63) is 11.8 Å². The first kappa shape index (κ1) is 15.0. The molecule has 0 saturated heterocycles. The number of hydrogen-bond acceptors (Lipinski definition) is 4. The van der Waals surface area contributed by atoms with Crippen molar-refractivity contribution in [2.24, 2.45) is 0 Å². The molecule has 0 aliphatic heterocycles. The molecule has 4 nitrogen and oxygen atoms in total. The molecule has 7 heteroatoms. The Kier molecular flexibility index (Phi) is 6.17. The lowest BCUT2D eigenvalue weighted by molar-refractivity contribution is -0.142. The zero-order valence-electron chi connectivity index (χ0n) is 8.76. The quantitative estimate of drug-likeness (QED) is 0.188. The summed E-state index contributed by atoms with van der Waals surface area (Å²) in [5.74, 6) is -2.83. The highest BCUT2D eigenvalue weighted by atomic mass is 79.9. The molecule has 92 valence electrons. The highest BCUT2D eigenvalue weighted by Gasteiger charge is 2.40. The lowest BCUT2D eigenvalue weighted by atomic mass is 10.2. The molecule has 0 heterocycles. The summed E-state index contributed by atoms with van der Waals surface area (Å²) >= 11 is 1.87. The van der Waals surface area contributed by atoms with E-state index in [1.807, 2.05) is 15.9 Å². The van der Waals surface area contributed by atoms with Gasteiger partial charge in [-0.2, -0.15) is 8.78 Å². The Bertz CT molecular complexity index is 296. The maximum atomic E-state index is 12.7. The zero-order chi connectivity index (χ0) is 12.8. The fraction of sp³-hybridized carbons (Fsp3) is 0.556. The average Bonchev–Trinajstić information content (AvgIpc) is 2.17. The van der Waals surface area contributed by atoms with Crippen molar-refractivity contribution in [2.75, 3.05) is 13.2 Å². The van der Waals surface area contributed by atoms with Gasteiger partial charge in [0.25, 0.3) is 5.78 Å². The molecule has 0 saturated carbocycles. The molecule has 0 aromatic heterocycles. The van der Waals surface area contributed by atoms with Gasteiger partial charge >= 0.3 is 10.8 Å². The number of esters is 1. The average molecular weight is 301 g/mol. The van der Waals surface area contributed by atoms with E-state index in [0.717, 1.165) is 0 Å². The van der Waals surface area contributed by atoms with E-state index in [1.165, 1.54) is 6.92 Å². The summed E-state index contributed by atoms with van der Waals surface area (Å²) in [6.07, 6.45) is 0.676. The summed E-state index contributed by atoms with van der Waals surface area (Å²) in [5, 5.41) is 0. The van der Waals surface area contributed by atoms with Crippen LogP contribution >= 0.6 is 15.9 Å². The summed E-state index contributed by atoms with van der Waals surface area (Å²) in [7, 11) is 0. The van der Waals surface area contributed by atoms with Gasteiger partial charge in [-0.3, -0.25) is 4.79 Å². The van der Waals surface area contributed by atoms with Crippen LogP contribution in [0.3, 0.4) is 0 Å². The number of Topliss-reactive ketones (excluding diaryl/α,β-unsaturated/α-hetero) is 1. The number of carbonyl (C=O) groups is 2. The number of carbonyl (C=O) groups excluding carboxylic acids is 2. The Hall–Kier alpha value is -0.980. The largest absolute Gasteiger partial charge is 0.500 e. The van der Waals surface area contributed by atoms with Gasteiger partial charge in [0.1, 0.15) is 11.8 Å². The van der Waals surface area contributed by atoms with Crippen LogP contribution in [0.5, 0.6) is 0 Å². The number of rotatable bonds is 6. The molecule has 0 atom stereocenters. The van der Waals surface area contributed by atoms with Gasteiger partial charge < -0.3 is 9.47 Å². The van der Waals surface area contributed by atoms with Crippen molar-refractivity contribution in [3.8, 4) is 0 Å². The third kappa shape index (κ3) is 4.69. The summed E-state index contributed by atoms with van der Waals surface area (Å²) in [4.78, 5) is 18.5. The van der Waals surface area contributed by atoms with E-state index >= 15 is 0 Å². The van der Waals surface area contributed by atoms with Gasteiger partial charge in [0.05, 0.1) is 13.2 Å². The molecular formula is C9H11BrF2O4. The number of ketones is 1. The first-order valence-corrected chi connectivity index (χ1v) is 5.24. The molecule has 0 aromatic rings. The minimum atomic E-state index is -3.82. The monoisotopic (exact) mass is 300 g/mol. The van der Waals surface area contributed by atoms with Crippen LogP contribution in [0.25, 0.3) is 0 Å². The summed E-state index contributed by atoms with van der Waals surface area (Å²) < 4.78 is 34.4. The van der Waals surface area contributed by atoms with Crippen LogP contribution in [0.15, 0.2) is 11.8 Å². The van der Waals surface area contributed by atoms with Gasteiger partial charge in [-0.15, -0.1) is 0 Å². The third-order valence-electron chi connectivity index (χ3n) is 1.37. The van der Waals surface area contributed by atoms with Crippen molar-refractivity contribution < 1.29 is 27.8 Å². The summed E-state index contributed by atoms with van der Waals surface area (Å²) in [5.41, 5.74) is -0.828. The first-order chi connectivity index (χ1) is 7.34. The Balaban J connectivity index is 4.96. The number of halogens is 3. The van der Waals surface area contributed by atoms with Crippen molar-refractivity contribution in [2.45, 2.75) is 18.7 Å². The molecule has 0 fully saturated rings. The Morgan fingerprint density at radius 3 is 2.25 bits per heavy atom. The van der Waals surface area contributed by atoms with Crippen molar-refractivity contribution >= 4 is 27.7 Å². The highest BCUT2D eigenvalue weighted by Crippen LogP contribution is 2.26. The lowest BCUT2D eigenvalue weighted by Gasteiger charge is -2.09. The van der Waals surface area contributed by atoms with Gasteiger partial charge in [-0.1, -0.05) is 0 Å². The van der Waals surface area contributed by atoms with E-state index in [0.29, 0.717) is 6.26 Å². The first-order valence-electron chi connectivity index (χ1n) is 4.45. The molecule has 0 amide bonds. The number of alkyl halides is 3. The van der Waals surface area contributed by atoms with Crippen LogP contribution in [0.1, 0.15) is 13.8 Å².